The van der Waals surface area contributed by atoms with Crippen LogP contribution in [-0.4, -0.2) is 37.2 Å². The van der Waals surface area contributed by atoms with Gasteiger partial charge in [-0.05, 0) is 49.4 Å². The highest BCUT2D eigenvalue weighted by atomic mass is 16.5. The monoisotopic (exact) mass is 274 g/mol. The van der Waals surface area contributed by atoms with E-state index < -0.39 is 0 Å². The van der Waals surface area contributed by atoms with Crippen LogP contribution in [0, 0.1) is 0 Å². The van der Waals surface area contributed by atoms with E-state index in [0.29, 0.717) is 6.10 Å². The van der Waals surface area contributed by atoms with Gasteiger partial charge in [-0.2, -0.15) is 0 Å². The molecule has 110 valence electrons. The van der Waals surface area contributed by atoms with Gasteiger partial charge in [-0.15, -0.1) is 0 Å². The van der Waals surface area contributed by atoms with Crippen LogP contribution in [-0.2, 0) is 17.7 Å². The number of nitrogens with one attached hydrogen (secondary N) is 1. The molecule has 0 amide bonds. The lowest BCUT2D eigenvalue weighted by Gasteiger charge is -2.32. The molecular formula is C17H26N2O. The summed E-state index contributed by atoms with van der Waals surface area (Å²) in [6.45, 7) is 7.55. The average Bonchev–Trinajstić information content (AvgIpc) is 2.93. The molecule has 3 heteroatoms. The lowest BCUT2D eigenvalue weighted by Crippen LogP contribution is -2.39. The quantitative estimate of drug-likeness (QED) is 0.893. The first-order valence-corrected chi connectivity index (χ1v) is 8.05. The summed E-state index contributed by atoms with van der Waals surface area (Å²) in [5.41, 5.74) is 4.26. The van der Waals surface area contributed by atoms with E-state index in [1.165, 1.54) is 42.6 Å². The van der Waals surface area contributed by atoms with Crippen molar-refractivity contribution in [1.82, 2.24) is 4.90 Å². The van der Waals surface area contributed by atoms with Gasteiger partial charge in [0.2, 0.25) is 0 Å². The van der Waals surface area contributed by atoms with Crippen molar-refractivity contribution in [3.05, 3.63) is 29.3 Å². The van der Waals surface area contributed by atoms with Crippen molar-refractivity contribution in [3.8, 4) is 0 Å². The van der Waals surface area contributed by atoms with Gasteiger partial charge in [0.15, 0.2) is 0 Å². The molecule has 3 rings (SSSR count). The predicted molar refractivity (Wildman–Crippen MR) is 83.2 cm³/mol. The molecule has 1 N–H and O–H groups in total. The zero-order chi connectivity index (χ0) is 13.8. The van der Waals surface area contributed by atoms with E-state index in [-0.39, 0.29) is 0 Å². The minimum absolute atomic E-state index is 0.444. The molecule has 0 aromatic heterocycles. The van der Waals surface area contributed by atoms with Crippen LogP contribution in [0.15, 0.2) is 18.2 Å². The Kier molecular flexibility index (Phi) is 4.58. The van der Waals surface area contributed by atoms with Gasteiger partial charge in [0, 0.05) is 31.9 Å². The summed E-state index contributed by atoms with van der Waals surface area (Å²) in [4.78, 5) is 2.55. The molecule has 0 radical (unpaired) electrons. The highest BCUT2D eigenvalue weighted by molar-refractivity contribution is 5.56. The topological polar surface area (TPSA) is 24.5 Å². The van der Waals surface area contributed by atoms with Gasteiger partial charge < -0.3 is 10.1 Å². The number of benzene rings is 1. The van der Waals surface area contributed by atoms with Crippen LogP contribution in [0.5, 0.6) is 0 Å². The third-order valence-corrected chi connectivity index (χ3v) is 4.31. The third kappa shape index (κ3) is 3.33. The van der Waals surface area contributed by atoms with Gasteiger partial charge in [0.1, 0.15) is 0 Å². The first-order chi connectivity index (χ1) is 9.85. The number of fused-ring (bicyclic) bond motifs is 1. The largest absolute Gasteiger partial charge is 0.384 e. The normalized spacial score (nSPS) is 22.6. The van der Waals surface area contributed by atoms with E-state index in [9.17, 15) is 0 Å². The molecule has 1 saturated heterocycles. The fourth-order valence-corrected chi connectivity index (χ4v) is 3.29. The summed E-state index contributed by atoms with van der Waals surface area (Å²) in [7, 11) is 0. The molecule has 2 aliphatic heterocycles. The van der Waals surface area contributed by atoms with Gasteiger partial charge >= 0.3 is 0 Å². The van der Waals surface area contributed by atoms with Crippen LogP contribution in [0.2, 0.25) is 0 Å². The number of piperidine rings is 1. The number of anilines is 1. The minimum Gasteiger partial charge on any atom is -0.384 e. The van der Waals surface area contributed by atoms with E-state index in [2.05, 4.69) is 35.3 Å². The van der Waals surface area contributed by atoms with Gasteiger partial charge in [-0.1, -0.05) is 19.1 Å². The summed E-state index contributed by atoms with van der Waals surface area (Å²) in [5, 5.41) is 3.43. The van der Waals surface area contributed by atoms with Gasteiger partial charge in [0.25, 0.3) is 0 Å². The Morgan fingerprint density at radius 1 is 1.40 bits per heavy atom. The lowest BCUT2D eigenvalue weighted by molar-refractivity contribution is -0.00223. The number of nitrogens with zero attached hydrogens (tertiary/aromatic N) is 1. The fourth-order valence-electron chi connectivity index (χ4n) is 3.29. The molecule has 2 heterocycles. The molecule has 2 aliphatic rings. The summed E-state index contributed by atoms with van der Waals surface area (Å²) in [5.74, 6) is 0. The molecule has 0 aliphatic carbocycles. The first-order valence-electron chi connectivity index (χ1n) is 8.05. The SMILES string of the molecule is CCCOC1CCCN(Cc2ccc3c(c2)CCN3)C1. The smallest absolute Gasteiger partial charge is 0.0702 e. The molecule has 1 unspecified atom stereocenters. The Balaban J connectivity index is 1.57. The summed E-state index contributed by atoms with van der Waals surface area (Å²) >= 11 is 0. The summed E-state index contributed by atoms with van der Waals surface area (Å²) < 4.78 is 5.92. The molecule has 0 bridgehead atoms. The van der Waals surface area contributed by atoms with Crippen molar-refractivity contribution in [1.29, 1.82) is 0 Å². The Hall–Kier alpha value is -1.06. The molecule has 1 aromatic carbocycles. The minimum atomic E-state index is 0.444. The van der Waals surface area contributed by atoms with Gasteiger partial charge in [0.05, 0.1) is 6.10 Å². The van der Waals surface area contributed by atoms with Crippen molar-refractivity contribution < 1.29 is 4.74 Å². The van der Waals surface area contributed by atoms with Gasteiger partial charge in [-0.25, -0.2) is 0 Å². The van der Waals surface area contributed by atoms with E-state index >= 15 is 0 Å². The summed E-state index contributed by atoms with van der Waals surface area (Å²) in [6.07, 6.45) is 5.23. The second-order valence-corrected chi connectivity index (χ2v) is 6.04. The van der Waals surface area contributed by atoms with Crippen LogP contribution in [0.3, 0.4) is 0 Å². The number of hydrogen-bond acceptors (Lipinski definition) is 3. The van der Waals surface area contributed by atoms with Crippen LogP contribution < -0.4 is 5.32 Å². The Morgan fingerprint density at radius 3 is 3.25 bits per heavy atom. The summed E-state index contributed by atoms with van der Waals surface area (Å²) in [6, 6.07) is 6.90. The van der Waals surface area contributed by atoms with Crippen LogP contribution in [0.1, 0.15) is 37.3 Å². The van der Waals surface area contributed by atoms with Crippen LogP contribution in [0.4, 0.5) is 5.69 Å². The third-order valence-electron chi connectivity index (χ3n) is 4.31. The maximum absolute atomic E-state index is 5.92. The number of rotatable bonds is 5. The number of likely N-dealkylation sites (tertiary alicyclic amines) is 1. The van der Waals surface area contributed by atoms with Gasteiger partial charge in [-0.3, -0.25) is 4.90 Å². The molecule has 1 fully saturated rings. The predicted octanol–water partition coefficient (Wildman–Crippen LogP) is 3.05. The first kappa shape index (κ1) is 13.9. The van der Waals surface area contributed by atoms with Crippen molar-refractivity contribution in [3.63, 3.8) is 0 Å². The number of ether oxygens (including phenoxy) is 1. The zero-order valence-electron chi connectivity index (χ0n) is 12.5. The van der Waals surface area contributed by atoms with Crippen molar-refractivity contribution in [2.45, 2.75) is 45.3 Å². The highest BCUT2D eigenvalue weighted by Crippen LogP contribution is 2.24. The van der Waals surface area contributed by atoms with E-state index in [0.717, 1.165) is 32.7 Å². The average molecular weight is 274 g/mol. The zero-order valence-corrected chi connectivity index (χ0v) is 12.5. The van der Waals surface area contributed by atoms with Crippen LogP contribution >= 0.6 is 0 Å². The maximum atomic E-state index is 5.92. The highest BCUT2D eigenvalue weighted by Gasteiger charge is 2.20. The lowest BCUT2D eigenvalue weighted by atomic mass is 10.0. The Labute approximate surface area is 122 Å². The standard InChI is InChI=1S/C17H26N2O/c1-2-10-20-16-4-3-9-19(13-16)12-14-5-6-17-15(11-14)7-8-18-17/h5-6,11,16,18H,2-4,7-10,12-13H2,1H3. The second kappa shape index (κ2) is 6.59. The van der Waals surface area contributed by atoms with E-state index in [4.69, 9.17) is 4.74 Å². The van der Waals surface area contributed by atoms with Crippen molar-refractivity contribution >= 4 is 5.69 Å². The van der Waals surface area contributed by atoms with Crippen LogP contribution in [0.25, 0.3) is 0 Å². The molecule has 1 atom stereocenters. The molecule has 0 spiro atoms. The molecule has 0 saturated carbocycles. The van der Waals surface area contributed by atoms with Crippen molar-refractivity contribution in [2.24, 2.45) is 0 Å². The maximum Gasteiger partial charge on any atom is 0.0702 e. The molecule has 3 nitrogen and oxygen atoms in total. The van der Waals surface area contributed by atoms with E-state index in [1.807, 2.05) is 0 Å². The Morgan fingerprint density at radius 2 is 2.35 bits per heavy atom. The van der Waals surface area contributed by atoms with Crippen molar-refractivity contribution in [2.75, 3.05) is 31.6 Å². The Bertz CT molecular complexity index is 447. The molecule has 20 heavy (non-hydrogen) atoms. The number of hydrogen-bond donors (Lipinski definition) is 1. The molecule has 1 aromatic rings. The molecular weight excluding hydrogens is 248 g/mol. The fraction of sp³-hybridized carbons (Fsp3) is 0.647. The van der Waals surface area contributed by atoms with E-state index in [1.54, 1.807) is 0 Å². The second-order valence-electron chi connectivity index (χ2n) is 6.04.